The van der Waals surface area contributed by atoms with Crippen LogP contribution < -0.4 is 5.32 Å². The molecule has 2 aromatic heterocycles. The van der Waals surface area contributed by atoms with Crippen molar-refractivity contribution in [2.45, 2.75) is 45.6 Å². The summed E-state index contributed by atoms with van der Waals surface area (Å²) in [6.45, 7) is 7.25. The van der Waals surface area contributed by atoms with E-state index in [0.717, 1.165) is 18.7 Å². The van der Waals surface area contributed by atoms with E-state index in [0.29, 0.717) is 36.1 Å². The Morgan fingerprint density at radius 3 is 2.75 bits per heavy atom. The van der Waals surface area contributed by atoms with Crippen LogP contribution in [-0.2, 0) is 0 Å². The van der Waals surface area contributed by atoms with E-state index in [4.69, 9.17) is 4.52 Å². The van der Waals surface area contributed by atoms with E-state index in [9.17, 15) is 4.79 Å². The highest BCUT2D eigenvalue weighted by Crippen LogP contribution is 2.25. The fourth-order valence-corrected chi connectivity index (χ4v) is 3.01. The van der Waals surface area contributed by atoms with Crippen molar-refractivity contribution in [3.8, 4) is 0 Å². The molecule has 7 nitrogen and oxygen atoms in total. The molecule has 3 rings (SSSR count). The number of nitrogens with zero attached hydrogens (tertiary/aromatic N) is 4. The Bertz CT molecular complexity index is 690. The zero-order valence-corrected chi connectivity index (χ0v) is 14.3. The van der Waals surface area contributed by atoms with E-state index in [-0.39, 0.29) is 11.8 Å². The van der Waals surface area contributed by atoms with Crippen LogP contribution in [0.15, 0.2) is 22.9 Å². The van der Waals surface area contributed by atoms with Crippen molar-refractivity contribution >= 4 is 11.7 Å². The van der Waals surface area contributed by atoms with Crippen LogP contribution in [-0.4, -0.2) is 45.3 Å². The average Bonchev–Trinajstić information content (AvgIpc) is 2.98. The minimum Gasteiger partial charge on any atom is -0.366 e. The zero-order chi connectivity index (χ0) is 17.1. The molecular weight excluding hydrogens is 306 g/mol. The van der Waals surface area contributed by atoms with Gasteiger partial charge in [0.2, 0.25) is 0 Å². The molecule has 1 fully saturated rings. The number of aromatic nitrogens is 3. The minimum atomic E-state index is 0.0235. The normalized spacial score (nSPS) is 15.8. The lowest BCUT2D eigenvalue weighted by Crippen LogP contribution is -2.42. The number of hydrogen-bond donors (Lipinski definition) is 1. The lowest BCUT2D eigenvalue weighted by molar-refractivity contribution is 0.0715. The molecule has 0 spiro atoms. The highest BCUT2D eigenvalue weighted by Gasteiger charge is 2.29. The molecule has 1 amide bonds. The first-order chi connectivity index (χ1) is 11.6. The number of aryl methyl sites for hydroxylation is 1. The number of carbonyl (C=O) groups is 1. The predicted molar refractivity (Wildman–Crippen MR) is 89.9 cm³/mol. The average molecular weight is 329 g/mol. The summed E-state index contributed by atoms with van der Waals surface area (Å²) in [7, 11) is 0. The molecule has 7 heteroatoms. The van der Waals surface area contributed by atoms with E-state index < -0.39 is 0 Å². The van der Waals surface area contributed by atoms with Gasteiger partial charge in [0.25, 0.3) is 5.91 Å². The molecule has 1 N–H and O–H groups in total. The van der Waals surface area contributed by atoms with Crippen molar-refractivity contribution in [1.82, 2.24) is 20.3 Å². The van der Waals surface area contributed by atoms with Gasteiger partial charge in [0.1, 0.15) is 11.4 Å². The van der Waals surface area contributed by atoms with Crippen molar-refractivity contribution in [3.63, 3.8) is 0 Å². The van der Waals surface area contributed by atoms with Gasteiger partial charge in [-0.3, -0.25) is 4.79 Å². The molecule has 1 saturated heterocycles. The van der Waals surface area contributed by atoms with E-state index in [1.807, 2.05) is 37.8 Å². The lowest BCUT2D eigenvalue weighted by atomic mass is 10.0. The second kappa shape index (κ2) is 6.98. The van der Waals surface area contributed by atoms with Crippen LogP contribution >= 0.6 is 0 Å². The number of carbonyl (C=O) groups excluding carboxylic acids is 1. The van der Waals surface area contributed by atoms with Gasteiger partial charge in [0.05, 0.1) is 5.69 Å². The highest BCUT2D eigenvalue weighted by molar-refractivity contribution is 5.96. The Morgan fingerprint density at radius 2 is 2.12 bits per heavy atom. The first kappa shape index (κ1) is 16.4. The maximum absolute atomic E-state index is 12.9. The number of nitrogens with one attached hydrogen (secondary N) is 1. The van der Waals surface area contributed by atoms with Crippen LogP contribution in [0.3, 0.4) is 0 Å². The monoisotopic (exact) mass is 329 g/mol. The Morgan fingerprint density at radius 1 is 1.38 bits per heavy atom. The number of rotatable bonds is 4. The lowest BCUT2D eigenvalue weighted by Gasteiger charge is -2.32. The molecular formula is C17H23N5O2. The maximum atomic E-state index is 12.9. The molecule has 0 aromatic carbocycles. The first-order valence-corrected chi connectivity index (χ1v) is 8.36. The highest BCUT2D eigenvalue weighted by atomic mass is 16.5. The van der Waals surface area contributed by atoms with E-state index in [1.165, 1.54) is 0 Å². The van der Waals surface area contributed by atoms with Crippen LogP contribution in [0.2, 0.25) is 0 Å². The summed E-state index contributed by atoms with van der Waals surface area (Å²) in [5.41, 5.74) is 1.30. The van der Waals surface area contributed by atoms with Gasteiger partial charge in [-0.15, -0.1) is 5.10 Å². The first-order valence-electron chi connectivity index (χ1n) is 8.36. The summed E-state index contributed by atoms with van der Waals surface area (Å²) in [6, 6.07) is 4.06. The third-order valence-electron chi connectivity index (χ3n) is 4.33. The number of piperidine rings is 1. The molecule has 0 unspecified atom stereocenters. The molecule has 0 saturated carbocycles. The largest absolute Gasteiger partial charge is 0.366 e. The summed E-state index contributed by atoms with van der Waals surface area (Å²) in [5, 5.41) is 15.3. The topological polar surface area (TPSA) is 84.2 Å². The molecule has 3 heterocycles. The van der Waals surface area contributed by atoms with Crippen LogP contribution in [0.25, 0.3) is 0 Å². The molecule has 0 aliphatic carbocycles. The van der Waals surface area contributed by atoms with Crippen molar-refractivity contribution in [1.29, 1.82) is 0 Å². The summed E-state index contributed by atoms with van der Waals surface area (Å²) < 4.78 is 5.34. The Hall–Kier alpha value is -2.44. The van der Waals surface area contributed by atoms with Gasteiger partial charge in [-0.1, -0.05) is 19.0 Å². The number of anilines is 1. The molecule has 24 heavy (non-hydrogen) atoms. The van der Waals surface area contributed by atoms with Crippen LogP contribution in [0.1, 0.15) is 54.4 Å². The van der Waals surface area contributed by atoms with Crippen LogP contribution in [0, 0.1) is 6.92 Å². The number of hydrogen-bond acceptors (Lipinski definition) is 6. The standard InChI is InChI=1S/C17H23N5O2/c1-11(2)16-15(12(3)21-24-16)17(23)22-9-6-13(7-10-22)19-14-5-4-8-18-20-14/h4-5,8,11,13H,6-7,9-10H2,1-3H3,(H,19,20). The quantitative estimate of drug-likeness (QED) is 0.928. The molecule has 1 aliphatic heterocycles. The smallest absolute Gasteiger partial charge is 0.259 e. The van der Waals surface area contributed by atoms with Gasteiger partial charge in [-0.05, 0) is 31.9 Å². The van der Waals surface area contributed by atoms with Crippen LogP contribution in [0.5, 0.6) is 0 Å². The summed E-state index contributed by atoms with van der Waals surface area (Å²) >= 11 is 0. The molecule has 0 radical (unpaired) electrons. The summed E-state index contributed by atoms with van der Waals surface area (Å²) in [5.74, 6) is 1.62. The Kier molecular flexibility index (Phi) is 4.78. The molecule has 2 aromatic rings. The van der Waals surface area contributed by atoms with Crippen molar-refractivity contribution in [3.05, 3.63) is 35.3 Å². The third kappa shape index (κ3) is 3.39. The number of likely N-dealkylation sites (tertiary alicyclic amines) is 1. The van der Waals surface area contributed by atoms with Crippen LogP contribution in [0.4, 0.5) is 5.82 Å². The van der Waals surface area contributed by atoms with Gasteiger partial charge in [0, 0.05) is 31.2 Å². The van der Waals surface area contributed by atoms with Gasteiger partial charge < -0.3 is 14.7 Å². The van der Waals surface area contributed by atoms with E-state index >= 15 is 0 Å². The molecule has 0 bridgehead atoms. The summed E-state index contributed by atoms with van der Waals surface area (Å²) in [4.78, 5) is 14.7. The second-order valence-electron chi connectivity index (χ2n) is 6.48. The van der Waals surface area contributed by atoms with Gasteiger partial charge >= 0.3 is 0 Å². The van der Waals surface area contributed by atoms with Gasteiger partial charge in [-0.2, -0.15) is 5.10 Å². The zero-order valence-electron chi connectivity index (χ0n) is 14.3. The third-order valence-corrected chi connectivity index (χ3v) is 4.33. The molecule has 1 aliphatic rings. The Balaban J connectivity index is 1.62. The fraction of sp³-hybridized carbons (Fsp3) is 0.529. The minimum absolute atomic E-state index is 0.0235. The van der Waals surface area contributed by atoms with E-state index in [2.05, 4.69) is 20.7 Å². The van der Waals surface area contributed by atoms with Gasteiger partial charge in [0.15, 0.2) is 5.76 Å². The summed E-state index contributed by atoms with van der Waals surface area (Å²) in [6.07, 6.45) is 3.41. The predicted octanol–water partition coefficient (Wildman–Crippen LogP) is 2.61. The maximum Gasteiger partial charge on any atom is 0.259 e. The second-order valence-corrected chi connectivity index (χ2v) is 6.48. The van der Waals surface area contributed by atoms with Crippen molar-refractivity contribution in [2.24, 2.45) is 0 Å². The number of amides is 1. The van der Waals surface area contributed by atoms with Crippen molar-refractivity contribution in [2.75, 3.05) is 18.4 Å². The van der Waals surface area contributed by atoms with E-state index in [1.54, 1.807) is 6.20 Å². The SMILES string of the molecule is Cc1noc(C(C)C)c1C(=O)N1CCC(Nc2cccnn2)CC1. The fourth-order valence-electron chi connectivity index (χ4n) is 3.01. The molecule has 0 atom stereocenters. The Labute approximate surface area is 141 Å². The van der Waals surface area contributed by atoms with Crippen molar-refractivity contribution < 1.29 is 9.32 Å². The van der Waals surface area contributed by atoms with Gasteiger partial charge in [-0.25, -0.2) is 0 Å². The molecule has 128 valence electrons.